The molecule has 0 aromatic heterocycles. The van der Waals surface area contributed by atoms with E-state index in [1.807, 2.05) is 13.8 Å². The lowest BCUT2D eigenvalue weighted by Crippen LogP contribution is -2.45. The van der Waals surface area contributed by atoms with Crippen LogP contribution in [0.5, 0.6) is 0 Å². The van der Waals surface area contributed by atoms with E-state index in [0.717, 1.165) is 19.3 Å². The van der Waals surface area contributed by atoms with Gasteiger partial charge in [0.2, 0.25) is 0 Å². The van der Waals surface area contributed by atoms with Gasteiger partial charge in [-0.2, -0.15) is 17.4 Å². The first kappa shape index (κ1) is 14.9. The van der Waals surface area contributed by atoms with Crippen molar-refractivity contribution in [2.75, 3.05) is 19.6 Å². The Balaban J connectivity index is 2.38. The average Bonchev–Trinajstić information content (AvgIpc) is 2.27. The zero-order chi connectivity index (χ0) is 12.9. The van der Waals surface area contributed by atoms with Gasteiger partial charge in [0.15, 0.2) is 0 Å². The average molecular weight is 264 g/mol. The number of aliphatic hydroxyl groups excluding tert-OH is 1. The number of rotatable bonds is 6. The number of hydrogen-bond acceptors (Lipinski definition) is 3. The fourth-order valence-electron chi connectivity index (χ4n) is 2.03. The summed E-state index contributed by atoms with van der Waals surface area (Å²) >= 11 is 0. The van der Waals surface area contributed by atoms with E-state index in [9.17, 15) is 13.5 Å². The van der Waals surface area contributed by atoms with E-state index in [2.05, 4.69) is 4.72 Å². The number of hydrogen-bond donors (Lipinski definition) is 2. The summed E-state index contributed by atoms with van der Waals surface area (Å²) in [5.41, 5.74) is 0. The van der Waals surface area contributed by atoms with Crippen LogP contribution in [-0.4, -0.2) is 43.6 Å². The van der Waals surface area contributed by atoms with Crippen molar-refractivity contribution in [1.29, 1.82) is 0 Å². The highest BCUT2D eigenvalue weighted by Crippen LogP contribution is 2.12. The van der Waals surface area contributed by atoms with Gasteiger partial charge in [-0.3, -0.25) is 0 Å². The molecule has 0 bridgehead atoms. The van der Waals surface area contributed by atoms with Crippen LogP contribution >= 0.6 is 0 Å². The van der Waals surface area contributed by atoms with E-state index in [1.54, 1.807) is 0 Å². The van der Waals surface area contributed by atoms with Gasteiger partial charge in [0.1, 0.15) is 0 Å². The molecule has 1 saturated heterocycles. The van der Waals surface area contributed by atoms with Crippen LogP contribution in [-0.2, 0) is 10.2 Å². The minimum Gasteiger partial charge on any atom is -0.392 e. The van der Waals surface area contributed by atoms with E-state index in [-0.39, 0.29) is 6.54 Å². The van der Waals surface area contributed by atoms with Crippen LogP contribution in [0.15, 0.2) is 0 Å². The molecule has 0 saturated carbocycles. The largest absolute Gasteiger partial charge is 0.392 e. The molecule has 1 atom stereocenters. The summed E-state index contributed by atoms with van der Waals surface area (Å²) in [6, 6.07) is 0. The SMILES string of the molecule is CC(C)CC(O)CNS(=O)(=O)N1CCCCC1. The maximum Gasteiger partial charge on any atom is 0.279 e. The van der Waals surface area contributed by atoms with Crippen LogP contribution in [0.3, 0.4) is 0 Å². The molecular formula is C11H24N2O3S. The highest BCUT2D eigenvalue weighted by atomic mass is 32.2. The van der Waals surface area contributed by atoms with Crippen molar-refractivity contribution < 1.29 is 13.5 Å². The quantitative estimate of drug-likeness (QED) is 0.742. The second-order valence-corrected chi connectivity index (χ2v) is 6.85. The van der Waals surface area contributed by atoms with Crippen molar-refractivity contribution >= 4 is 10.2 Å². The number of aliphatic hydroxyl groups is 1. The third kappa shape index (κ3) is 5.33. The van der Waals surface area contributed by atoms with E-state index < -0.39 is 16.3 Å². The zero-order valence-electron chi connectivity index (χ0n) is 10.7. The van der Waals surface area contributed by atoms with Gasteiger partial charge in [0.25, 0.3) is 10.2 Å². The summed E-state index contributed by atoms with van der Waals surface area (Å²) in [6.07, 6.45) is 2.96. The highest BCUT2D eigenvalue weighted by Gasteiger charge is 2.24. The summed E-state index contributed by atoms with van der Waals surface area (Å²) in [6.45, 7) is 5.30. The molecule has 0 aliphatic carbocycles. The first-order valence-electron chi connectivity index (χ1n) is 6.34. The molecule has 0 aromatic rings. The molecule has 1 rings (SSSR count). The molecule has 0 amide bonds. The van der Waals surface area contributed by atoms with Crippen LogP contribution in [0.25, 0.3) is 0 Å². The molecule has 2 N–H and O–H groups in total. The van der Waals surface area contributed by atoms with Gasteiger partial charge >= 0.3 is 0 Å². The third-order valence-corrected chi connectivity index (χ3v) is 4.48. The maximum absolute atomic E-state index is 11.9. The standard InChI is InChI=1S/C11H24N2O3S/c1-10(2)8-11(14)9-12-17(15,16)13-6-4-3-5-7-13/h10-12,14H,3-9H2,1-2H3. The number of nitrogens with zero attached hydrogens (tertiary/aromatic N) is 1. The third-order valence-electron chi connectivity index (χ3n) is 2.90. The van der Waals surface area contributed by atoms with Crippen molar-refractivity contribution in [2.24, 2.45) is 5.92 Å². The van der Waals surface area contributed by atoms with Gasteiger partial charge in [-0.05, 0) is 25.2 Å². The van der Waals surface area contributed by atoms with Crippen molar-refractivity contribution in [3.8, 4) is 0 Å². The van der Waals surface area contributed by atoms with E-state index in [1.165, 1.54) is 4.31 Å². The molecule has 1 aliphatic heterocycles. The fraction of sp³-hybridized carbons (Fsp3) is 1.00. The van der Waals surface area contributed by atoms with Crippen LogP contribution in [0, 0.1) is 5.92 Å². The van der Waals surface area contributed by atoms with Crippen molar-refractivity contribution in [2.45, 2.75) is 45.6 Å². The first-order chi connectivity index (χ1) is 7.92. The smallest absolute Gasteiger partial charge is 0.279 e. The van der Waals surface area contributed by atoms with Gasteiger partial charge < -0.3 is 5.11 Å². The monoisotopic (exact) mass is 264 g/mol. The molecule has 0 radical (unpaired) electrons. The molecule has 1 heterocycles. The predicted octanol–water partition coefficient (Wildman–Crippen LogP) is 0.714. The number of piperidine rings is 1. The van der Waals surface area contributed by atoms with Crippen molar-refractivity contribution in [3.05, 3.63) is 0 Å². The van der Waals surface area contributed by atoms with Crippen LogP contribution in [0.4, 0.5) is 0 Å². The van der Waals surface area contributed by atoms with Crippen molar-refractivity contribution in [1.82, 2.24) is 9.03 Å². The molecule has 5 nitrogen and oxygen atoms in total. The summed E-state index contributed by atoms with van der Waals surface area (Å²) in [5.74, 6) is 0.365. The normalized spacial score (nSPS) is 20.7. The molecule has 1 unspecified atom stereocenters. The van der Waals surface area contributed by atoms with Crippen LogP contribution in [0.2, 0.25) is 0 Å². The molecule has 6 heteroatoms. The summed E-state index contributed by atoms with van der Waals surface area (Å²) in [7, 11) is -3.39. The Hall–Kier alpha value is -0.170. The maximum atomic E-state index is 11.9. The van der Waals surface area contributed by atoms with Gasteiger partial charge in [-0.25, -0.2) is 0 Å². The summed E-state index contributed by atoms with van der Waals surface area (Å²) < 4.78 is 27.7. The van der Waals surface area contributed by atoms with Gasteiger partial charge in [0, 0.05) is 19.6 Å². The zero-order valence-corrected chi connectivity index (χ0v) is 11.5. The Morgan fingerprint density at radius 1 is 1.24 bits per heavy atom. The van der Waals surface area contributed by atoms with Gasteiger partial charge in [0.05, 0.1) is 6.10 Å². The lowest BCUT2D eigenvalue weighted by molar-refractivity contribution is 0.151. The van der Waals surface area contributed by atoms with Gasteiger partial charge in [-0.15, -0.1) is 0 Å². The minimum atomic E-state index is -3.39. The van der Waals surface area contributed by atoms with Crippen LogP contribution < -0.4 is 4.72 Å². The predicted molar refractivity (Wildman–Crippen MR) is 67.8 cm³/mol. The Morgan fingerprint density at radius 2 is 1.82 bits per heavy atom. The molecule has 102 valence electrons. The molecule has 1 fully saturated rings. The molecule has 1 aliphatic rings. The Labute approximate surface area is 104 Å². The number of nitrogens with one attached hydrogen (secondary N) is 1. The Bertz CT molecular complexity index is 311. The van der Waals surface area contributed by atoms with E-state index in [0.29, 0.717) is 25.4 Å². The highest BCUT2D eigenvalue weighted by molar-refractivity contribution is 7.87. The minimum absolute atomic E-state index is 0.108. The van der Waals surface area contributed by atoms with Crippen LogP contribution in [0.1, 0.15) is 39.5 Å². The second-order valence-electron chi connectivity index (χ2n) is 5.10. The second kappa shape index (κ2) is 6.68. The van der Waals surface area contributed by atoms with Crippen molar-refractivity contribution in [3.63, 3.8) is 0 Å². The lowest BCUT2D eigenvalue weighted by Gasteiger charge is -2.26. The Kier molecular flexibility index (Phi) is 5.85. The topological polar surface area (TPSA) is 69.6 Å². The lowest BCUT2D eigenvalue weighted by atomic mass is 10.1. The fourth-order valence-corrected chi connectivity index (χ4v) is 3.35. The molecular weight excluding hydrogens is 240 g/mol. The molecule has 0 aromatic carbocycles. The summed E-state index contributed by atoms with van der Waals surface area (Å²) in [4.78, 5) is 0. The molecule has 17 heavy (non-hydrogen) atoms. The van der Waals surface area contributed by atoms with E-state index >= 15 is 0 Å². The Morgan fingerprint density at radius 3 is 2.35 bits per heavy atom. The first-order valence-corrected chi connectivity index (χ1v) is 7.78. The van der Waals surface area contributed by atoms with E-state index in [4.69, 9.17) is 0 Å². The summed E-state index contributed by atoms with van der Waals surface area (Å²) in [5, 5.41) is 9.64. The van der Waals surface area contributed by atoms with Gasteiger partial charge in [-0.1, -0.05) is 20.3 Å². The molecule has 0 spiro atoms.